The SMILES string of the molecule is CCN1CCCC(CNC(=NC)NCc2ccc(S(C)(=O)=O)c(C)c2)C1.I. The summed E-state index contributed by atoms with van der Waals surface area (Å²) in [5, 5.41) is 6.73. The van der Waals surface area contributed by atoms with Crippen LogP contribution < -0.4 is 10.6 Å². The normalized spacial score (nSPS) is 18.7. The minimum atomic E-state index is -3.17. The number of aryl methyl sites for hydroxylation is 1. The average molecular weight is 508 g/mol. The smallest absolute Gasteiger partial charge is 0.191 e. The molecule has 8 heteroatoms. The number of likely N-dealkylation sites (tertiary alicyclic amines) is 1. The Morgan fingerprint density at radius 2 is 2.07 bits per heavy atom. The Morgan fingerprint density at radius 1 is 1.33 bits per heavy atom. The molecule has 0 saturated carbocycles. The quantitative estimate of drug-likeness (QED) is 0.351. The molecule has 2 rings (SSSR count). The summed E-state index contributed by atoms with van der Waals surface area (Å²) in [5.74, 6) is 1.43. The molecule has 2 N–H and O–H groups in total. The van der Waals surface area contributed by atoms with Gasteiger partial charge in [0, 0.05) is 32.9 Å². The highest BCUT2D eigenvalue weighted by molar-refractivity contribution is 14.0. The second-order valence-corrected chi connectivity index (χ2v) is 9.06. The highest BCUT2D eigenvalue weighted by Gasteiger charge is 2.18. The van der Waals surface area contributed by atoms with Gasteiger partial charge in [0.25, 0.3) is 0 Å². The van der Waals surface area contributed by atoms with Crippen LogP contribution in [0.5, 0.6) is 0 Å². The first-order valence-electron chi connectivity index (χ1n) is 9.30. The second-order valence-electron chi connectivity index (χ2n) is 7.08. The number of hydrogen-bond acceptors (Lipinski definition) is 4. The molecule has 27 heavy (non-hydrogen) atoms. The summed E-state index contributed by atoms with van der Waals surface area (Å²) in [6.45, 7) is 9.04. The lowest BCUT2D eigenvalue weighted by Gasteiger charge is -2.32. The van der Waals surface area contributed by atoms with E-state index in [1.807, 2.05) is 19.1 Å². The number of rotatable bonds is 6. The van der Waals surface area contributed by atoms with Crippen molar-refractivity contribution in [1.29, 1.82) is 0 Å². The molecule has 0 bridgehead atoms. The molecule has 0 aliphatic carbocycles. The summed E-state index contributed by atoms with van der Waals surface area (Å²) in [5.41, 5.74) is 1.81. The van der Waals surface area contributed by atoms with Gasteiger partial charge in [-0.2, -0.15) is 0 Å². The Labute approximate surface area is 181 Å². The zero-order valence-corrected chi connectivity index (χ0v) is 19.9. The molecule has 1 aliphatic heterocycles. The molecule has 1 aromatic carbocycles. The van der Waals surface area contributed by atoms with Gasteiger partial charge >= 0.3 is 0 Å². The summed E-state index contributed by atoms with van der Waals surface area (Å²) in [7, 11) is -1.40. The highest BCUT2D eigenvalue weighted by Crippen LogP contribution is 2.17. The van der Waals surface area contributed by atoms with Crippen molar-refractivity contribution in [1.82, 2.24) is 15.5 Å². The van der Waals surface area contributed by atoms with Crippen LogP contribution in [0.2, 0.25) is 0 Å². The van der Waals surface area contributed by atoms with Crippen molar-refractivity contribution in [2.75, 3.05) is 39.5 Å². The molecular formula is C19H33IN4O2S. The number of nitrogens with one attached hydrogen (secondary N) is 2. The fourth-order valence-electron chi connectivity index (χ4n) is 3.49. The Bertz CT molecular complexity index is 737. The largest absolute Gasteiger partial charge is 0.356 e. The first kappa shape index (κ1) is 24.2. The average Bonchev–Trinajstić information content (AvgIpc) is 2.61. The van der Waals surface area contributed by atoms with Crippen LogP contribution in [-0.2, 0) is 16.4 Å². The van der Waals surface area contributed by atoms with Crippen molar-refractivity contribution in [3.63, 3.8) is 0 Å². The molecule has 0 amide bonds. The van der Waals surface area contributed by atoms with Crippen molar-refractivity contribution in [3.05, 3.63) is 29.3 Å². The van der Waals surface area contributed by atoms with E-state index in [1.165, 1.54) is 25.6 Å². The van der Waals surface area contributed by atoms with E-state index in [0.717, 1.165) is 36.7 Å². The summed E-state index contributed by atoms with van der Waals surface area (Å²) < 4.78 is 23.4. The third kappa shape index (κ3) is 7.57. The first-order valence-corrected chi connectivity index (χ1v) is 11.2. The van der Waals surface area contributed by atoms with Crippen LogP contribution in [0.3, 0.4) is 0 Å². The van der Waals surface area contributed by atoms with Gasteiger partial charge in [0.05, 0.1) is 4.90 Å². The van der Waals surface area contributed by atoms with Gasteiger partial charge in [-0.15, -0.1) is 24.0 Å². The molecular weight excluding hydrogens is 475 g/mol. The fraction of sp³-hybridized carbons (Fsp3) is 0.632. The van der Waals surface area contributed by atoms with Crippen LogP contribution in [0.4, 0.5) is 0 Å². The highest BCUT2D eigenvalue weighted by atomic mass is 127. The summed E-state index contributed by atoms with van der Waals surface area (Å²) in [6.07, 6.45) is 3.76. The van der Waals surface area contributed by atoms with Crippen LogP contribution in [-0.4, -0.2) is 58.8 Å². The predicted molar refractivity (Wildman–Crippen MR) is 123 cm³/mol. The third-order valence-corrected chi connectivity index (χ3v) is 6.19. The number of sulfone groups is 1. The maximum Gasteiger partial charge on any atom is 0.191 e. The van der Waals surface area contributed by atoms with E-state index in [-0.39, 0.29) is 24.0 Å². The molecule has 1 saturated heterocycles. The maximum atomic E-state index is 11.7. The molecule has 0 radical (unpaired) electrons. The van der Waals surface area contributed by atoms with Gasteiger partial charge in [0.1, 0.15) is 0 Å². The second kappa shape index (κ2) is 11.2. The number of benzene rings is 1. The van der Waals surface area contributed by atoms with Crippen molar-refractivity contribution in [2.24, 2.45) is 10.9 Å². The fourth-order valence-corrected chi connectivity index (χ4v) is 4.45. The Balaban J connectivity index is 0.00000364. The third-order valence-electron chi connectivity index (χ3n) is 4.93. The molecule has 6 nitrogen and oxygen atoms in total. The van der Waals surface area contributed by atoms with Gasteiger partial charge in [-0.3, -0.25) is 4.99 Å². The van der Waals surface area contributed by atoms with Gasteiger partial charge in [-0.05, 0) is 56.0 Å². The summed E-state index contributed by atoms with van der Waals surface area (Å²) >= 11 is 0. The molecule has 0 spiro atoms. The lowest BCUT2D eigenvalue weighted by atomic mass is 9.98. The Hall–Kier alpha value is -0.870. The Morgan fingerprint density at radius 3 is 2.67 bits per heavy atom. The number of nitrogens with zero attached hydrogens (tertiary/aromatic N) is 2. The van der Waals surface area contributed by atoms with Crippen LogP contribution in [0, 0.1) is 12.8 Å². The maximum absolute atomic E-state index is 11.7. The standard InChI is InChI=1S/C19H32N4O2S.HI/c1-5-23-10-6-7-17(14-23)13-22-19(20-3)21-12-16-8-9-18(15(2)11-16)26(4,24)25;/h8-9,11,17H,5-7,10,12-14H2,1-4H3,(H2,20,21,22);1H. The molecule has 0 aromatic heterocycles. The topological polar surface area (TPSA) is 73.8 Å². The van der Waals surface area contributed by atoms with E-state index in [2.05, 4.69) is 27.4 Å². The van der Waals surface area contributed by atoms with E-state index < -0.39 is 9.84 Å². The summed E-state index contributed by atoms with van der Waals surface area (Å²) in [6, 6.07) is 5.44. The van der Waals surface area contributed by atoms with Gasteiger partial charge in [-0.25, -0.2) is 8.42 Å². The van der Waals surface area contributed by atoms with Gasteiger partial charge in [-0.1, -0.05) is 19.1 Å². The van der Waals surface area contributed by atoms with Crippen LogP contribution >= 0.6 is 24.0 Å². The van der Waals surface area contributed by atoms with Crippen LogP contribution in [0.1, 0.15) is 30.9 Å². The molecule has 1 aliphatic rings. The van der Waals surface area contributed by atoms with Gasteiger partial charge in [0.15, 0.2) is 15.8 Å². The zero-order chi connectivity index (χ0) is 19.2. The molecule has 1 atom stereocenters. The van der Waals surface area contributed by atoms with Crippen molar-refractivity contribution < 1.29 is 8.42 Å². The number of piperidine rings is 1. The van der Waals surface area contributed by atoms with E-state index in [1.54, 1.807) is 13.1 Å². The number of aliphatic imine (C=N–C) groups is 1. The molecule has 1 aromatic rings. The molecule has 1 unspecified atom stereocenters. The van der Waals surface area contributed by atoms with Crippen molar-refractivity contribution >= 4 is 39.8 Å². The van der Waals surface area contributed by atoms with E-state index in [9.17, 15) is 8.42 Å². The first-order chi connectivity index (χ1) is 12.3. The van der Waals surface area contributed by atoms with E-state index in [4.69, 9.17) is 0 Å². The van der Waals surface area contributed by atoms with Crippen molar-refractivity contribution in [2.45, 2.75) is 38.1 Å². The van der Waals surface area contributed by atoms with E-state index >= 15 is 0 Å². The number of hydrogen-bond donors (Lipinski definition) is 2. The molecule has 1 heterocycles. The monoisotopic (exact) mass is 508 g/mol. The van der Waals surface area contributed by atoms with Gasteiger partial charge in [0.2, 0.25) is 0 Å². The molecule has 154 valence electrons. The zero-order valence-electron chi connectivity index (χ0n) is 16.8. The predicted octanol–water partition coefficient (Wildman–Crippen LogP) is 2.41. The van der Waals surface area contributed by atoms with E-state index in [0.29, 0.717) is 17.4 Å². The minimum Gasteiger partial charge on any atom is -0.356 e. The lowest BCUT2D eigenvalue weighted by molar-refractivity contribution is 0.183. The van der Waals surface area contributed by atoms with Crippen molar-refractivity contribution in [3.8, 4) is 0 Å². The minimum absolute atomic E-state index is 0. The van der Waals surface area contributed by atoms with Crippen LogP contribution in [0.15, 0.2) is 28.1 Å². The summed E-state index contributed by atoms with van der Waals surface area (Å²) in [4.78, 5) is 7.18. The lowest BCUT2D eigenvalue weighted by Crippen LogP contribution is -2.44. The number of halogens is 1. The molecule has 1 fully saturated rings. The van der Waals surface area contributed by atoms with Gasteiger partial charge < -0.3 is 15.5 Å². The Kier molecular flexibility index (Phi) is 10.0. The number of guanidine groups is 1. The van der Waals surface area contributed by atoms with Crippen LogP contribution in [0.25, 0.3) is 0 Å².